The highest BCUT2D eigenvalue weighted by Gasteiger charge is 2.56. The van der Waals surface area contributed by atoms with Crippen molar-refractivity contribution in [3.8, 4) is 0 Å². The molecular formula is C20H28N2O. The highest BCUT2D eigenvalue weighted by molar-refractivity contribution is 5.84. The molecule has 1 aliphatic heterocycles. The van der Waals surface area contributed by atoms with Gasteiger partial charge >= 0.3 is 0 Å². The minimum Gasteiger partial charge on any atom is -0.342 e. The molecule has 3 unspecified atom stereocenters. The zero-order valence-corrected chi connectivity index (χ0v) is 13.9. The van der Waals surface area contributed by atoms with Crippen molar-refractivity contribution in [2.24, 2.45) is 23.0 Å². The van der Waals surface area contributed by atoms with Crippen LogP contribution in [-0.4, -0.2) is 29.9 Å². The fourth-order valence-electron chi connectivity index (χ4n) is 5.38. The molecule has 2 aliphatic carbocycles. The number of hydrogen-bond acceptors (Lipinski definition) is 2. The van der Waals surface area contributed by atoms with Gasteiger partial charge < -0.3 is 10.6 Å². The quantitative estimate of drug-likeness (QED) is 0.932. The van der Waals surface area contributed by atoms with E-state index in [1.807, 2.05) is 0 Å². The molecule has 3 aliphatic rings. The first-order valence-electron chi connectivity index (χ1n) is 9.26. The van der Waals surface area contributed by atoms with Gasteiger partial charge in [-0.15, -0.1) is 0 Å². The van der Waals surface area contributed by atoms with Crippen LogP contribution in [0.4, 0.5) is 0 Å². The molecule has 1 aromatic carbocycles. The SMILES string of the molecule is NC1CCN(C(=O)C2(Cc3ccccc3)CC3CCC2C3)CC1. The summed E-state index contributed by atoms with van der Waals surface area (Å²) in [6.07, 6.45) is 7.80. The average molecular weight is 312 g/mol. The van der Waals surface area contributed by atoms with Gasteiger partial charge in [0.2, 0.25) is 5.91 Å². The van der Waals surface area contributed by atoms with Crippen LogP contribution in [0.2, 0.25) is 0 Å². The summed E-state index contributed by atoms with van der Waals surface area (Å²) in [5.41, 5.74) is 7.22. The van der Waals surface area contributed by atoms with Crippen molar-refractivity contribution in [1.82, 2.24) is 4.90 Å². The molecule has 3 heteroatoms. The summed E-state index contributed by atoms with van der Waals surface area (Å²) in [5, 5.41) is 0. The van der Waals surface area contributed by atoms with Crippen molar-refractivity contribution in [3.05, 3.63) is 35.9 Å². The van der Waals surface area contributed by atoms with Crippen molar-refractivity contribution >= 4 is 5.91 Å². The van der Waals surface area contributed by atoms with E-state index in [0.29, 0.717) is 11.8 Å². The number of nitrogens with zero attached hydrogens (tertiary/aromatic N) is 1. The third kappa shape index (κ3) is 2.69. The van der Waals surface area contributed by atoms with E-state index in [-0.39, 0.29) is 11.5 Å². The smallest absolute Gasteiger partial charge is 0.229 e. The molecule has 4 rings (SSSR count). The second-order valence-corrected chi connectivity index (χ2v) is 8.03. The highest BCUT2D eigenvalue weighted by Crippen LogP contribution is 2.58. The molecule has 3 fully saturated rings. The van der Waals surface area contributed by atoms with Gasteiger partial charge in [0.1, 0.15) is 0 Å². The molecule has 1 saturated heterocycles. The Labute approximate surface area is 139 Å². The van der Waals surface area contributed by atoms with E-state index in [4.69, 9.17) is 5.73 Å². The molecule has 0 spiro atoms. The zero-order valence-electron chi connectivity index (χ0n) is 13.9. The lowest BCUT2D eigenvalue weighted by Crippen LogP contribution is -2.52. The molecule has 1 amide bonds. The lowest BCUT2D eigenvalue weighted by atomic mass is 9.68. The molecule has 1 heterocycles. The van der Waals surface area contributed by atoms with Crippen LogP contribution < -0.4 is 5.73 Å². The maximum atomic E-state index is 13.5. The molecule has 0 radical (unpaired) electrons. The monoisotopic (exact) mass is 312 g/mol. The lowest BCUT2D eigenvalue weighted by molar-refractivity contribution is -0.146. The molecule has 0 aromatic heterocycles. The van der Waals surface area contributed by atoms with Gasteiger partial charge in [0.25, 0.3) is 0 Å². The van der Waals surface area contributed by atoms with E-state index in [0.717, 1.165) is 44.7 Å². The van der Waals surface area contributed by atoms with Gasteiger partial charge in [0, 0.05) is 19.1 Å². The highest BCUT2D eigenvalue weighted by atomic mass is 16.2. The topological polar surface area (TPSA) is 46.3 Å². The number of carbonyl (C=O) groups excluding carboxylic acids is 1. The van der Waals surface area contributed by atoms with E-state index in [9.17, 15) is 4.79 Å². The fraction of sp³-hybridized carbons (Fsp3) is 0.650. The third-order valence-electron chi connectivity index (χ3n) is 6.59. The van der Waals surface area contributed by atoms with Crippen LogP contribution in [0.3, 0.4) is 0 Å². The van der Waals surface area contributed by atoms with Crippen molar-refractivity contribution in [3.63, 3.8) is 0 Å². The van der Waals surface area contributed by atoms with Crippen molar-refractivity contribution in [2.75, 3.05) is 13.1 Å². The molecule has 2 saturated carbocycles. The first-order valence-corrected chi connectivity index (χ1v) is 9.26. The molecule has 3 nitrogen and oxygen atoms in total. The number of benzene rings is 1. The summed E-state index contributed by atoms with van der Waals surface area (Å²) < 4.78 is 0. The minimum atomic E-state index is -0.133. The van der Waals surface area contributed by atoms with Crippen LogP contribution in [0.1, 0.15) is 44.1 Å². The predicted octanol–water partition coefficient (Wildman–Crippen LogP) is 2.99. The Balaban J connectivity index is 1.59. The van der Waals surface area contributed by atoms with Crippen LogP contribution >= 0.6 is 0 Å². The molecular weight excluding hydrogens is 284 g/mol. The van der Waals surface area contributed by atoms with Gasteiger partial charge in [-0.3, -0.25) is 4.79 Å². The van der Waals surface area contributed by atoms with Gasteiger partial charge in [-0.2, -0.15) is 0 Å². The van der Waals surface area contributed by atoms with E-state index in [1.54, 1.807) is 0 Å². The number of nitrogens with two attached hydrogens (primary N) is 1. The standard InChI is InChI=1S/C20H28N2O/c21-18-8-10-22(11-9-18)19(23)20(13-15-4-2-1-3-5-15)14-16-6-7-17(20)12-16/h1-5,16-18H,6-14,21H2. The number of piperidine rings is 1. The van der Waals surface area contributed by atoms with Crippen LogP contribution in [0.25, 0.3) is 0 Å². The Kier molecular flexibility index (Phi) is 3.92. The first-order chi connectivity index (χ1) is 11.2. The zero-order chi connectivity index (χ0) is 15.9. The summed E-state index contributed by atoms with van der Waals surface area (Å²) in [4.78, 5) is 15.6. The van der Waals surface area contributed by atoms with Gasteiger partial charge in [0.05, 0.1) is 5.41 Å². The van der Waals surface area contributed by atoms with Crippen molar-refractivity contribution in [2.45, 2.75) is 51.0 Å². The van der Waals surface area contributed by atoms with E-state index in [1.165, 1.54) is 24.8 Å². The Morgan fingerprint density at radius 1 is 1.13 bits per heavy atom. The summed E-state index contributed by atoms with van der Waals surface area (Å²) in [7, 11) is 0. The van der Waals surface area contributed by atoms with Gasteiger partial charge in [-0.25, -0.2) is 0 Å². The molecule has 1 aromatic rings. The normalized spacial score (nSPS) is 34.0. The maximum Gasteiger partial charge on any atom is 0.229 e. The second-order valence-electron chi connectivity index (χ2n) is 8.03. The Bertz CT molecular complexity index is 564. The summed E-state index contributed by atoms with van der Waals surface area (Å²) in [6, 6.07) is 10.9. The Morgan fingerprint density at radius 2 is 1.87 bits per heavy atom. The number of rotatable bonds is 3. The lowest BCUT2D eigenvalue weighted by Gasteiger charge is -2.42. The number of carbonyl (C=O) groups is 1. The first kappa shape index (κ1) is 15.2. The van der Waals surface area contributed by atoms with E-state index < -0.39 is 0 Å². The van der Waals surface area contributed by atoms with Crippen molar-refractivity contribution < 1.29 is 4.79 Å². The summed E-state index contributed by atoms with van der Waals surface area (Å²) in [5.74, 6) is 1.80. The van der Waals surface area contributed by atoms with Crippen molar-refractivity contribution in [1.29, 1.82) is 0 Å². The second kappa shape index (κ2) is 5.94. The van der Waals surface area contributed by atoms with Crippen LogP contribution in [-0.2, 0) is 11.2 Å². The molecule has 3 atom stereocenters. The number of amides is 1. The molecule has 23 heavy (non-hydrogen) atoms. The Morgan fingerprint density at radius 3 is 2.48 bits per heavy atom. The summed E-state index contributed by atoms with van der Waals surface area (Å²) >= 11 is 0. The third-order valence-corrected chi connectivity index (χ3v) is 6.59. The van der Waals surface area contributed by atoms with Gasteiger partial charge in [-0.05, 0) is 55.9 Å². The van der Waals surface area contributed by atoms with Crippen LogP contribution in [0, 0.1) is 17.3 Å². The molecule has 2 N–H and O–H groups in total. The number of likely N-dealkylation sites (tertiary alicyclic amines) is 1. The minimum absolute atomic E-state index is 0.133. The Hall–Kier alpha value is -1.35. The number of hydrogen-bond donors (Lipinski definition) is 1. The van der Waals surface area contributed by atoms with Gasteiger partial charge in [-0.1, -0.05) is 36.8 Å². The molecule has 124 valence electrons. The van der Waals surface area contributed by atoms with E-state index >= 15 is 0 Å². The largest absolute Gasteiger partial charge is 0.342 e. The average Bonchev–Trinajstić information content (AvgIpc) is 3.17. The maximum absolute atomic E-state index is 13.5. The van der Waals surface area contributed by atoms with Crippen LogP contribution in [0.15, 0.2) is 30.3 Å². The van der Waals surface area contributed by atoms with Gasteiger partial charge in [0.15, 0.2) is 0 Å². The van der Waals surface area contributed by atoms with Crippen LogP contribution in [0.5, 0.6) is 0 Å². The van der Waals surface area contributed by atoms with E-state index in [2.05, 4.69) is 35.2 Å². The predicted molar refractivity (Wildman–Crippen MR) is 91.8 cm³/mol. The molecule has 2 bridgehead atoms. The fourth-order valence-corrected chi connectivity index (χ4v) is 5.38. The number of fused-ring (bicyclic) bond motifs is 2. The summed E-state index contributed by atoms with van der Waals surface area (Å²) in [6.45, 7) is 1.71.